The second kappa shape index (κ2) is 8.35. The van der Waals surface area contributed by atoms with Gasteiger partial charge in [-0.15, -0.1) is 22.7 Å². The summed E-state index contributed by atoms with van der Waals surface area (Å²) in [5, 5.41) is 5.33. The van der Waals surface area contributed by atoms with Crippen LogP contribution in [-0.2, 0) is 16.1 Å². The fourth-order valence-corrected chi connectivity index (χ4v) is 8.13. The van der Waals surface area contributed by atoms with Crippen LogP contribution in [0.25, 0.3) is 12.2 Å². The number of thiazole rings is 1. The van der Waals surface area contributed by atoms with Crippen molar-refractivity contribution >= 4 is 46.5 Å². The fourth-order valence-electron chi connectivity index (χ4n) is 6.37. The minimum Gasteiger partial charge on any atom is -0.349 e. The highest BCUT2D eigenvalue weighted by Crippen LogP contribution is 2.55. The Bertz CT molecular complexity index is 1210. The molecule has 33 heavy (non-hydrogen) atoms. The molecule has 4 fully saturated rings. The Labute approximate surface area is 202 Å². The third-order valence-corrected chi connectivity index (χ3v) is 9.37. The van der Waals surface area contributed by atoms with Gasteiger partial charge in [-0.25, -0.2) is 0 Å². The van der Waals surface area contributed by atoms with E-state index in [4.69, 9.17) is 0 Å². The van der Waals surface area contributed by atoms with Crippen LogP contribution in [0.5, 0.6) is 0 Å². The molecule has 7 heteroatoms. The topological polar surface area (TPSA) is 68.2 Å². The summed E-state index contributed by atoms with van der Waals surface area (Å²) >= 11 is 2.84. The largest absolute Gasteiger partial charge is 0.349 e. The molecule has 4 saturated carbocycles. The van der Waals surface area contributed by atoms with Gasteiger partial charge in [0.1, 0.15) is 11.2 Å². The Morgan fingerprint density at radius 2 is 1.79 bits per heavy atom. The summed E-state index contributed by atoms with van der Waals surface area (Å²) in [6.07, 6.45) is 10.5. The maximum Gasteiger partial charge on any atom is 0.269 e. The number of Topliss-reactive ketones (excluding diaryl/α,β-unsaturated/α-hetero) is 1. The smallest absolute Gasteiger partial charge is 0.269 e. The third kappa shape index (κ3) is 4.67. The van der Waals surface area contributed by atoms with Crippen LogP contribution in [0.15, 0.2) is 22.3 Å². The van der Waals surface area contributed by atoms with E-state index in [1.54, 1.807) is 11.3 Å². The molecular formula is C26H32N2O3S2. The number of ketones is 1. The van der Waals surface area contributed by atoms with E-state index in [0.717, 1.165) is 41.9 Å². The van der Waals surface area contributed by atoms with E-state index in [-0.39, 0.29) is 29.3 Å². The molecule has 4 aliphatic rings. The number of amides is 1. The molecule has 0 unspecified atom stereocenters. The van der Waals surface area contributed by atoms with Crippen LogP contribution in [0, 0.1) is 23.2 Å². The van der Waals surface area contributed by atoms with Crippen LogP contribution in [-0.4, -0.2) is 21.8 Å². The molecule has 1 N–H and O–H groups in total. The Morgan fingerprint density at radius 1 is 1.15 bits per heavy atom. The zero-order chi connectivity index (χ0) is 23.4. The third-order valence-electron chi connectivity index (χ3n) is 7.49. The number of carbonyl (C=O) groups excluding carboxylic acids is 2. The van der Waals surface area contributed by atoms with Gasteiger partial charge >= 0.3 is 0 Å². The lowest BCUT2D eigenvalue weighted by Gasteiger charge is -2.56. The van der Waals surface area contributed by atoms with E-state index < -0.39 is 5.41 Å². The summed E-state index contributed by atoms with van der Waals surface area (Å²) < 4.78 is 2.58. The average Bonchev–Trinajstić information content (AvgIpc) is 3.30. The van der Waals surface area contributed by atoms with E-state index in [1.165, 1.54) is 41.2 Å². The highest BCUT2D eigenvalue weighted by molar-refractivity contribution is 7.11. The number of thiophene rings is 1. The molecule has 0 saturated heterocycles. The van der Waals surface area contributed by atoms with Gasteiger partial charge in [0, 0.05) is 21.9 Å². The first kappa shape index (κ1) is 22.8. The summed E-state index contributed by atoms with van der Waals surface area (Å²) in [5.74, 6) is 2.04. The van der Waals surface area contributed by atoms with Gasteiger partial charge in [-0.1, -0.05) is 26.8 Å². The summed E-state index contributed by atoms with van der Waals surface area (Å²) in [5.41, 5.74) is -0.853. The second-order valence-corrected chi connectivity index (χ2v) is 13.4. The van der Waals surface area contributed by atoms with Crippen molar-refractivity contribution in [1.29, 1.82) is 0 Å². The number of carbonyl (C=O) groups is 2. The highest BCUT2D eigenvalue weighted by Gasteiger charge is 2.51. The van der Waals surface area contributed by atoms with Crippen LogP contribution in [0.2, 0.25) is 0 Å². The number of hydrogen-bond acceptors (Lipinski definition) is 5. The van der Waals surface area contributed by atoms with E-state index in [9.17, 15) is 14.4 Å². The summed E-state index contributed by atoms with van der Waals surface area (Å²) in [7, 11) is 0. The highest BCUT2D eigenvalue weighted by atomic mass is 32.1. The predicted octanol–water partition coefficient (Wildman–Crippen LogP) is 3.28. The van der Waals surface area contributed by atoms with Crippen molar-refractivity contribution in [3.63, 3.8) is 0 Å². The second-order valence-electron chi connectivity index (χ2n) is 11.4. The molecule has 5 nitrogen and oxygen atoms in total. The summed E-state index contributed by atoms with van der Waals surface area (Å²) in [6, 6.07) is 3.90. The average molecular weight is 485 g/mol. The number of nitrogens with one attached hydrogen (secondary N) is 1. The van der Waals surface area contributed by atoms with Gasteiger partial charge in [0.05, 0.1) is 4.53 Å². The molecule has 2 aromatic rings. The number of aromatic nitrogens is 1. The molecule has 4 bridgehead atoms. The van der Waals surface area contributed by atoms with Gasteiger partial charge < -0.3 is 5.32 Å². The van der Waals surface area contributed by atoms with Gasteiger partial charge in [0.25, 0.3) is 5.56 Å². The summed E-state index contributed by atoms with van der Waals surface area (Å²) in [6.45, 7) is 5.54. The van der Waals surface area contributed by atoms with Gasteiger partial charge in [-0.2, -0.15) is 0 Å². The Hall–Kier alpha value is -1.99. The molecule has 6 rings (SSSR count). The SMILES string of the molecule is CC(C)(C)C(=O)/C=c1\s/c(=C/c2cccs2)c(=O)n1CC(=O)NC12CC3CC(CC(C3)C1)C2. The van der Waals surface area contributed by atoms with E-state index in [1.807, 2.05) is 44.4 Å². The molecule has 176 valence electrons. The molecule has 4 aliphatic carbocycles. The maximum absolute atomic E-state index is 13.3. The van der Waals surface area contributed by atoms with Crippen LogP contribution in [0.3, 0.4) is 0 Å². The van der Waals surface area contributed by atoms with Crippen molar-refractivity contribution in [1.82, 2.24) is 9.88 Å². The lowest BCUT2D eigenvalue weighted by molar-refractivity contribution is -0.127. The predicted molar refractivity (Wildman–Crippen MR) is 134 cm³/mol. The zero-order valence-corrected chi connectivity index (χ0v) is 21.2. The molecule has 2 aromatic heterocycles. The van der Waals surface area contributed by atoms with Crippen LogP contribution >= 0.6 is 22.7 Å². The summed E-state index contributed by atoms with van der Waals surface area (Å²) in [4.78, 5) is 40.2. The molecule has 1 amide bonds. The van der Waals surface area contributed by atoms with Crippen molar-refractivity contribution in [3.8, 4) is 0 Å². The first-order valence-electron chi connectivity index (χ1n) is 11.9. The fraction of sp³-hybridized carbons (Fsp3) is 0.577. The van der Waals surface area contributed by atoms with E-state index in [2.05, 4.69) is 5.32 Å². The molecule has 2 heterocycles. The molecule has 0 spiro atoms. The lowest BCUT2D eigenvalue weighted by atomic mass is 9.53. The minimum atomic E-state index is -0.552. The number of nitrogens with zero attached hydrogens (tertiary/aromatic N) is 1. The van der Waals surface area contributed by atoms with Crippen LogP contribution in [0.1, 0.15) is 64.2 Å². The number of rotatable bonds is 5. The molecule has 0 aromatic carbocycles. The molecule has 0 radical (unpaired) electrons. The van der Waals surface area contributed by atoms with E-state index >= 15 is 0 Å². The molecular weight excluding hydrogens is 452 g/mol. The van der Waals surface area contributed by atoms with Crippen molar-refractivity contribution in [2.75, 3.05) is 0 Å². The van der Waals surface area contributed by atoms with Gasteiger partial charge in [-0.3, -0.25) is 19.0 Å². The zero-order valence-electron chi connectivity index (χ0n) is 19.6. The Kier molecular flexibility index (Phi) is 5.76. The van der Waals surface area contributed by atoms with Gasteiger partial charge in [0.15, 0.2) is 5.78 Å². The lowest BCUT2D eigenvalue weighted by Crippen LogP contribution is -2.60. The van der Waals surface area contributed by atoms with Crippen molar-refractivity contribution in [2.24, 2.45) is 23.2 Å². The first-order valence-corrected chi connectivity index (χ1v) is 13.6. The van der Waals surface area contributed by atoms with Gasteiger partial charge in [0.2, 0.25) is 5.91 Å². The standard InChI is InChI=1S/C26H32N2O3S2/c1-25(2,3)21(29)11-23-28(24(31)20(33-23)10-19-5-4-6-32-19)15-22(30)27-26-12-16-7-17(13-26)9-18(8-16)14-26/h4-6,10-11,16-18H,7-9,12-15H2,1-3H3,(H,27,30)/b20-10+,23-11-. The van der Waals surface area contributed by atoms with Crippen LogP contribution in [0.4, 0.5) is 0 Å². The normalized spacial score (nSPS) is 29.6. The van der Waals surface area contributed by atoms with Crippen molar-refractivity contribution < 1.29 is 9.59 Å². The Morgan fingerprint density at radius 3 is 2.33 bits per heavy atom. The quantitative estimate of drug-likeness (QED) is 0.708. The minimum absolute atomic E-state index is 0.0430. The maximum atomic E-state index is 13.3. The molecule has 0 aliphatic heterocycles. The van der Waals surface area contributed by atoms with Gasteiger partial charge in [-0.05, 0) is 73.8 Å². The van der Waals surface area contributed by atoms with Crippen LogP contribution < -0.4 is 20.1 Å². The van der Waals surface area contributed by atoms with E-state index in [0.29, 0.717) is 9.20 Å². The number of hydrogen-bond donors (Lipinski definition) is 1. The Balaban J connectivity index is 1.46. The van der Waals surface area contributed by atoms with Crippen molar-refractivity contribution in [3.05, 3.63) is 41.9 Å². The van der Waals surface area contributed by atoms with Crippen molar-refractivity contribution in [2.45, 2.75) is 71.4 Å². The monoisotopic (exact) mass is 484 g/mol. The molecule has 0 atom stereocenters. The first-order chi connectivity index (χ1) is 15.6.